The molecule has 1 saturated heterocycles. The van der Waals surface area contributed by atoms with Gasteiger partial charge in [-0.2, -0.15) is 0 Å². The fourth-order valence-corrected chi connectivity index (χ4v) is 2.67. The van der Waals surface area contributed by atoms with Crippen molar-refractivity contribution in [1.29, 1.82) is 0 Å². The number of hydrogen-bond donors (Lipinski definition) is 1. The number of carbonyl (C=O) groups is 1. The molecule has 110 valence electrons. The summed E-state index contributed by atoms with van der Waals surface area (Å²) in [7, 11) is 0. The Morgan fingerprint density at radius 2 is 2.05 bits per heavy atom. The van der Waals surface area contributed by atoms with Gasteiger partial charge >= 0.3 is 0 Å². The van der Waals surface area contributed by atoms with Crippen LogP contribution in [0.15, 0.2) is 18.2 Å². The van der Waals surface area contributed by atoms with E-state index in [-0.39, 0.29) is 30.4 Å². The van der Waals surface area contributed by atoms with Crippen molar-refractivity contribution >= 4 is 5.91 Å². The van der Waals surface area contributed by atoms with Gasteiger partial charge in [0.2, 0.25) is 5.91 Å². The lowest BCUT2D eigenvalue weighted by atomic mass is 9.94. The Labute approximate surface area is 117 Å². The third-order valence-electron chi connectivity index (χ3n) is 3.80. The van der Waals surface area contributed by atoms with Gasteiger partial charge in [0, 0.05) is 25.3 Å². The molecule has 0 radical (unpaired) electrons. The molecule has 1 N–H and O–H groups in total. The first-order valence-electron chi connectivity index (χ1n) is 6.93. The van der Waals surface area contributed by atoms with Crippen LogP contribution in [-0.2, 0) is 11.2 Å². The Hall–Kier alpha value is -1.49. The van der Waals surface area contributed by atoms with Gasteiger partial charge < -0.3 is 10.0 Å². The van der Waals surface area contributed by atoms with Crippen LogP contribution >= 0.6 is 0 Å². The quantitative estimate of drug-likeness (QED) is 0.919. The maximum Gasteiger partial charge on any atom is 0.227 e. The standard InChI is InChI=1S/C15H19F2NO2/c16-13-4-1-5-14(17)12(13)9-15(20)18-7-2-3-11(10-18)6-8-19/h1,4-5,11,19H,2-3,6-10H2. The number of benzene rings is 1. The molecule has 0 spiro atoms. The molecule has 1 amide bonds. The van der Waals surface area contributed by atoms with E-state index in [0.717, 1.165) is 25.0 Å². The third-order valence-corrected chi connectivity index (χ3v) is 3.80. The Morgan fingerprint density at radius 1 is 1.35 bits per heavy atom. The number of piperidine rings is 1. The molecule has 1 unspecified atom stereocenters. The number of halogens is 2. The second kappa shape index (κ2) is 6.79. The molecule has 1 fully saturated rings. The van der Waals surface area contributed by atoms with Crippen LogP contribution in [0.25, 0.3) is 0 Å². The molecule has 1 atom stereocenters. The average Bonchev–Trinajstić information content (AvgIpc) is 2.43. The van der Waals surface area contributed by atoms with E-state index in [1.807, 2.05) is 0 Å². The van der Waals surface area contributed by atoms with Crippen molar-refractivity contribution in [1.82, 2.24) is 4.90 Å². The highest BCUT2D eigenvalue weighted by atomic mass is 19.1. The molecular formula is C15H19F2NO2. The fraction of sp³-hybridized carbons (Fsp3) is 0.533. The highest BCUT2D eigenvalue weighted by molar-refractivity contribution is 5.79. The molecule has 1 aliphatic heterocycles. The minimum absolute atomic E-state index is 0.106. The third kappa shape index (κ3) is 3.54. The summed E-state index contributed by atoms with van der Waals surface area (Å²) in [5.41, 5.74) is -0.165. The Kier molecular flexibility index (Phi) is 5.06. The van der Waals surface area contributed by atoms with E-state index in [4.69, 9.17) is 5.11 Å². The van der Waals surface area contributed by atoms with Crippen LogP contribution in [0.4, 0.5) is 8.78 Å². The molecular weight excluding hydrogens is 264 g/mol. The number of carbonyl (C=O) groups excluding carboxylic acids is 1. The summed E-state index contributed by atoms with van der Waals surface area (Å²) in [5.74, 6) is -1.33. The smallest absolute Gasteiger partial charge is 0.227 e. The van der Waals surface area contributed by atoms with Crippen LogP contribution in [-0.4, -0.2) is 35.6 Å². The SMILES string of the molecule is O=C(Cc1c(F)cccc1F)N1CCCC(CCO)C1. The summed E-state index contributed by atoms with van der Waals surface area (Å²) in [6.07, 6.45) is 2.27. The summed E-state index contributed by atoms with van der Waals surface area (Å²) in [5, 5.41) is 8.95. The summed E-state index contributed by atoms with van der Waals surface area (Å²) >= 11 is 0. The monoisotopic (exact) mass is 283 g/mol. The first-order valence-corrected chi connectivity index (χ1v) is 6.93. The lowest BCUT2D eigenvalue weighted by Gasteiger charge is -2.32. The van der Waals surface area contributed by atoms with E-state index in [9.17, 15) is 13.6 Å². The molecule has 1 heterocycles. The molecule has 0 saturated carbocycles. The minimum Gasteiger partial charge on any atom is -0.396 e. The molecule has 2 rings (SSSR count). The second-order valence-electron chi connectivity index (χ2n) is 5.24. The molecule has 5 heteroatoms. The zero-order valence-electron chi connectivity index (χ0n) is 11.3. The van der Waals surface area contributed by atoms with Crippen molar-refractivity contribution in [3.8, 4) is 0 Å². The summed E-state index contributed by atoms with van der Waals surface area (Å²) in [6.45, 7) is 1.29. The highest BCUT2D eigenvalue weighted by Gasteiger charge is 2.24. The Bertz CT molecular complexity index is 457. The molecule has 0 aromatic heterocycles. The minimum atomic E-state index is -0.678. The van der Waals surface area contributed by atoms with E-state index in [1.165, 1.54) is 6.07 Å². The van der Waals surface area contributed by atoms with Gasteiger partial charge in [0.05, 0.1) is 6.42 Å². The van der Waals surface area contributed by atoms with Gasteiger partial charge in [-0.1, -0.05) is 6.07 Å². The largest absolute Gasteiger partial charge is 0.396 e. The highest BCUT2D eigenvalue weighted by Crippen LogP contribution is 2.21. The van der Waals surface area contributed by atoms with Crippen LogP contribution in [0.1, 0.15) is 24.8 Å². The van der Waals surface area contributed by atoms with Crippen molar-refractivity contribution in [3.05, 3.63) is 35.4 Å². The first kappa shape index (κ1) is 14.9. The molecule has 20 heavy (non-hydrogen) atoms. The van der Waals surface area contributed by atoms with E-state index >= 15 is 0 Å². The second-order valence-corrected chi connectivity index (χ2v) is 5.24. The van der Waals surface area contributed by atoms with Crippen molar-refractivity contribution in [2.24, 2.45) is 5.92 Å². The van der Waals surface area contributed by atoms with Gasteiger partial charge in [0.1, 0.15) is 11.6 Å². The van der Waals surface area contributed by atoms with Crippen molar-refractivity contribution in [2.45, 2.75) is 25.7 Å². The number of likely N-dealkylation sites (tertiary alicyclic amines) is 1. The number of hydrogen-bond acceptors (Lipinski definition) is 2. The average molecular weight is 283 g/mol. The predicted molar refractivity (Wildman–Crippen MR) is 71.1 cm³/mol. The van der Waals surface area contributed by atoms with Gasteiger partial charge in [-0.3, -0.25) is 4.79 Å². The summed E-state index contributed by atoms with van der Waals surface area (Å²) in [4.78, 5) is 13.8. The number of amides is 1. The molecule has 1 aromatic carbocycles. The van der Waals surface area contributed by atoms with Gasteiger partial charge in [-0.15, -0.1) is 0 Å². The predicted octanol–water partition coefficient (Wildman–Crippen LogP) is 2.13. The summed E-state index contributed by atoms with van der Waals surface area (Å²) < 4.78 is 27.1. The van der Waals surface area contributed by atoms with Gasteiger partial charge in [0.25, 0.3) is 0 Å². The van der Waals surface area contributed by atoms with E-state index in [0.29, 0.717) is 19.5 Å². The maximum atomic E-state index is 13.5. The topological polar surface area (TPSA) is 40.5 Å². The number of nitrogens with zero attached hydrogens (tertiary/aromatic N) is 1. The fourth-order valence-electron chi connectivity index (χ4n) is 2.67. The van der Waals surface area contributed by atoms with E-state index < -0.39 is 11.6 Å². The molecule has 3 nitrogen and oxygen atoms in total. The van der Waals surface area contributed by atoms with Crippen molar-refractivity contribution in [2.75, 3.05) is 19.7 Å². The molecule has 1 aromatic rings. The van der Waals surface area contributed by atoms with Crippen molar-refractivity contribution in [3.63, 3.8) is 0 Å². The maximum absolute atomic E-state index is 13.5. The van der Waals surface area contributed by atoms with Gasteiger partial charge in [-0.05, 0) is 37.3 Å². The zero-order valence-corrected chi connectivity index (χ0v) is 11.3. The Balaban J connectivity index is 2.01. The molecule has 0 bridgehead atoms. The van der Waals surface area contributed by atoms with Crippen LogP contribution in [0.5, 0.6) is 0 Å². The first-order chi connectivity index (χ1) is 9.61. The Morgan fingerprint density at radius 3 is 2.70 bits per heavy atom. The number of aliphatic hydroxyl groups excluding tert-OH is 1. The van der Waals surface area contributed by atoms with Crippen LogP contribution in [0, 0.1) is 17.6 Å². The van der Waals surface area contributed by atoms with E-state index in [2.05, 4.69) is 0 Å². The molecule has 1 aliphatic rings. The normalized spacial score (nSPS) is 19.1. The van der Waals surface area contributed by atoms with Gasteiger partial charge in [-0.25, -0.2) is 8.78 Å². The van der Waals surface area contributed by atoms with E-state index in [1.54, 1.807) is 4.90 Å². The van der Waals surface area contributed by atoms with Crippen LogP contribution in [0.3, 0.4) is 0 Å². The zero-order chi connectivity index (χ0) is 14.5. The number of rotatable bonds is 4. The van der Waals surface area contributed by atoms with Crippen LogP contribution < -0.4 is 0 Å². The van der Waals surface area contributed by atoms with Gasteiger partial charge in [0.15, 0.2) is 0 Å². The number of aliphatic hydroxyl groups is 1. The lowest BCUT2D eigenvalue weighted by molar-refractivity contribution is -0.132. The van der Waals surface area contributed by atoms with Crippen LogP contribution in [0.2, 0.25) is 0 Å². The molecule has 0 aliphatic carbocycles. The van der Waals surface area contributed by atoms with Crippen molar-refractivity contribution < 1.29 is 18.7 Å². The lowest BCUT2D eigenvalue weighted by Crippen LogP contribution is -2.41. The summed E-state index contributed by atoms with van der Waals surface area (Å²) in [6, 6.07) is 3.61.